The highest BCUT2D eigenvalue weighted by Gasteiger charge is 2.17. The first-order valence-corrected chi connectivity index (χ1v) is 13.4. The van der Waals surface area contributed by atoms with Crippen LogP contribution >= 0.6 is 0 Å². The Morgan fingerprint density at radius 3 is 2.18 bits per heavy atom. The maximum Gasteiger partial charge on any atom is 0.342 e. The molecule has 5 nitrogen and oxygen atoms in total. The summed E-state index contributed by atoms with van der Waals surface area (Å²) in [5.41, 5.74) is 5.56. The summed E-state index contributed by atoms with van der Waals surface area (Å²) in [6.07, 6.45) is 8.42. The van der Waals surface area contributed by atoms with Crippen LogP contribution in [0.1, 0.15) is 70.8 Å². The average Bonchev–Trinajstić information content (AvgIpc) is 2.99. The monoisotopic (exact) mass is 506 g/mol. The minimum Gasteiger partial charge on any atom is -0.488 e. The Bertz CT molecular complexity index is 1300. The number of nitrogens with one attached hydrogen (secondary N) is 1. The molecule has 1 aliphatic carbocycles. The lowest BCUT2D eigenvalue weighted by atomic mass is 9.86. The predicted octanol–water partition coefficient (Wildman–Crippen LogP) is 7.68. The molecule has 1 N–H and O–H groups in total. The van der Waals surface area contributed by atoms with Crippen molar-refractivity contribution in [2.24, 2.45) is 0 Å². The summed E-state index contributed by atoms with van der Waals surface area (Å²) < 4.78 is 11.7. The molecule has 0 radical (unpaired) electrons. The fourth-order valence-corrected chi connectivity index (χ4v) is 4.84. The molecule has 1 saturated carbocycles. The molecule has 0 unspecified atom stereocenters. The Kier molecular flexibility index (Phi) is 8.67. The van der Waals surface area contributed by atoms with Crippen LogP contribution in [0.5, 0.6) is 5.75 Å². The summed E-state index contributed by atoms with van der Waals surface area (Å²) in [5.74, 6) is 0.679. The van der Waals surface area contributed by atoms with Crippen LogP contribution in [-0.4, -0.2) is 11.0 Å². The van der Waals surface area contributed by atoms with Crippen LogP contribution in [0.3, 0.4) is 0 Å². The van der Waals surface area contributed by atoms with E-state index in [9.17, 15) is 4.79 Å². The van der Waals surface area contributed by atoms with Crippen molar-refractivity contribution in [3.05, 3.63) is 125 Å². The number of pyridine rings is 1. The van der Waals surface area contributed by atoms with E-state index in [0.717, 1.165) is 22.4 Å². The van der Waals surface area contributed by atoms with E-state index in [2.05, 4.69) is 17.4 Å². The van der Waals surface area contributed by atoms with Gasteiger partial charge in [-0.2, -0.15) is 0 Å². The van der Waals surface area contributed by atoms with Crippen LogP contribution in [0.25, 0.3) is 0 Å². The van der Waals surface area contributed by atoms with Gasteiger partial charge in [-0.25, -0.2) is 4.79 Å². The first-order valence-electron chi connectivity index (χ1n) is 13.4. The molecule has 5 rings (SSSR count). The molecule has 0 aliphatic heterocycles. The van der Waals surface area contributed by atoms with Gasteiger partial charge in [0.1, 0.15) is 24.5 Å². The van der Waals surface area contributed by atoms with Crippen molar-refractivity contribution < 1.29 is 14.3 Å². The lowest BCUT2D eigenvalue weighted by Gasteiger charge is -2.21. The summed E-state index contributed by atoms with van der Waals surface area (Å²) in [4.78, 5) is 17.7. The number of hydrogen-bond donors (Lipinski definition) is 1. The molecule has 0 bridgehead atoms. The Hall–Kier alpha value is -4.12. The third kappa shape index (κ3) is 7.00. The van der Waals surface area contributed by atoms with Crippen molar-refractivity contribution in [2.45, 2.75) is 57.8 Å². The van der Waals surface area contributed by atoms with Crippen LogP contribution in [0.2, 0.25) is 0 Å². The zero-order valence-corrected chi connectivity index (χ0v) is 21.6. The van der Waals surface area contributed by atoms with Gasteiger partial charge in [-0.15, -0.1) is 0 Å². The highest BCUT2D eigenvalue weighted by molar-refractivity contribution is 5.93. The average molecular weight is 507 g/mol. The van der Waals surface area contributed by atoms with E-state index in [-0.39, 0.29) is 6.61 Å². The minimum atomic E-state index is -0.411. The zero-order valence-electron chi connectivity index (χ0n) is 21.6. The number of esters is 1. The third-order valence-corrected chi connectivity index (χ3v) is 7.02. The summed E-state index contributed by atoms with van der Waals surface area (Å²) in [5, 5.41) is 3.45. The van der Waals surface area contributed by atoms with Crippen molar-refractivity contribution in [3.8, 4) is 5.75 Å². The maximum atomic E-state index is 13.0. The Balaban J connectivity index is 1.26. The van der Waals surface area contributed by atoms with E-state index >= 15 is 0 Å². The lowest BCUT2D eigenvalue weighted by molar-refractivity contribution is 0.0467. The molecule has 1 aliphatic rings. The van der Waals surface area contributed by atoms with Crippen molar-refractivity contribution in [1.82, 2.24) is 4.98 Å². The van der Waals surface area contributed by atoms with Gasteiger partial charge in [0.05, 0.1) is 0 Å². The molecule has 1 aromatic heterocycles. The number of carbonyl (C=O) groups is 1. The van der Waals surface area contributed by atoms with Crippen LogP contribution in [0.4, 0.5) is 5.69 Å². The molecule has 5 heteroatoms. The minimum absolute atomic E-state index is 0.210. The van der Waals surface area contributed by atoms with Gasteiger partial charge in [-0.05, 0) is 47.7 Å². The second-order valence-corrected chi connectivity index (χ2v) is 9.83. The standard InChI is InChI=1S/C33H34N2O3/c36-33(38-24-26-12-6-2-7-13-26)30-18-17-29(20-32(30)37-23-25-10-4-1-5-11-25)34-21-27-16-19-31(35-22-27)28-14-8-3-9-15-28/h1-2,4-7,10-13,16-20,22,28,34H,3,8-9,14-15,21,23-24H2. The van der Waals surface area contributed by atoms with Gasteiger partial charge < -0.3 is 14.8 Å². The summed E-state index contributed by atoms with van der Waals surface area (Å²) >= 11 is 0. The summed E-state index contributed by atoms with van der Waals surface area (Å²) in [7, 11) is 0. The van der Waals surface area contributed by atoms with E-state index < -0.39 is 5.97 Å². The fourth-order valence-electron chi connectivity index (χ4n) is 4.84. The number of nitrogens with zero attached hydrogens (tertiary/aromatic N) is 1. The first-order chi connectivity index (χ1) is 18.7. The van der Waals surface area contributed by atoms with Crippen molar-refractivity contribution in [3.63, 3.8) is 0 Å². The van der Waals surface area contributed by atoms with Crippen molar-refractivity contribution >= 4 is 11.7 Å². The third-order valence-electron chi connectivity index (χ3n) is 7.02. The van der Waals surface area contributed by atoms with Crippen LogP contribution in [-0.2, 0) is 24.5 Å². The van der Waals surface area contributed by atoms with E-state index in [1.54, 1.807) is 6.07 Å². The maximum absolute atomic E-state index is 13.0. The molecule has 0 saturated heterocycles. The molecular formula is C33H34N2O3. The van der Waals surface area contributed by atoms with Crippen molar-refractivity contribution in [1.29, 1.82) is 0 Å². The van der Waals surface area contributed by atoms with Gasteiger partial charge in [-0.1, -0.05) is 86.0 Å². The normalized spacial score (nSPS) is 13.6. The number of ether oxygens (including phenoxy) is 2. The number of benzene rings is 3. The second kappa shape index (κ2) is 12.9. The van der Waals surface area contributed by atoms with E-state index in [1.165, 1.54) is 37.8 Å². The fraction of sp³-hybridized carbons (Fsp3) is 0.273. The van der Waals surface area contributed by atoms with Crippen molar-refractivity contribution in [2.75, 3.05) is 5.32 Å². The van der Waals surface area contributed by atoms with Crippen LogP contribution in [0, 0.1) is 0 Å². The molecule has 38 heavy (non-hydrogen) atoms. The number of carbonyl (C=O) groups excluding carboxylic acids is 1. The largest absolute Gasteiger partial charge is 0.488 e. The SMILES string of the molecule is O=C(OCc1ccccc1)c1ccc(NCc2ccc(C3CCCCC3)nc2)cc1OCc1ccccc1. The molecule has 3 aromatic carbocycles. The Labute approximate surface area is 224 Å². The van der Waals surface area contributed by atoms with Gasteiger partial charge in [0.25, 0.3) is 0 Å². The molecule has 194 valence electrons. The molecule has 0 amide bonds. The smallest absolute Gasteiger partial charge is 0.342 e. The van der Waals surface area contributed by atoms with Gasteiger partial charge in [0, 0.05) is 36.1 Å². The number of rotatable bonds is 10. The number of anilines is 1. The Morgan fingerprint density at radius 1 is 0.789 bits per heavy atom. The first kappa shape index (κ1) is 25.5. The highest BCUT2D eigenvalue weighted by atomic mass is 16.5. The topological polar surface area (TPSA) is 60.5 Å². The van der Waals surface area contributed by atoms with Gasteiger partial charge in [0.15, 0.2) is 0 Å². The molecule has 0 atom stereocenters. The quantitative estimate of drug-likeness (QED) is 0.224. The predicted molar refractivity (Wildman–Crippen MR) is 150 cm³/mol. The molecular weight excluding hydrogens is 472 g/mol. The van der Waals surface area contributed by atoms with Gasteiger partial charge in [-0.3, -0.25) is 4.98 Å². The zero-order chi connectivity index (χ0) is 26.0. The Morgan fingerprint density at radius 2 is 1.50 bits per heavy atom. The number of hydrogen-bond acceptors (Lipinski definition) is 5. The number of aromatic nitrogens is 1. The summed E-state index contributed by atoms with van der Waals surface area (Å²) in [6.45, 7) is 1.20. The lowest BCUT2D eigenvalue weighted by Crippen LogP contribution is -2.10. The summed E-state index contributed by atoms with van der Waals surface area (Å²) in [6, 6.07) is 29.4. The highest BCUT2D eigenvalue weighted by Crippen LogP contribution is 2.31. The van der Waals surface area contributed by atoms with Gasteiger partial charge >= 0.3 is 5.97 Å². The van der Waals surface area contributed by atoms with E-state index in [0.29, 0.717) is 30.4 Å². The molecule has 1 heterocycles. The van der Waals surface area contributed by atoms with E-state index in [4.69, 9.17) is 14.5 Å². The van der Waals surface area contributed by atoms with Gasteiger partial charge in [0.2, 0.25) is 0 Å². The molecule has 1 fully saturated rings. The van der Waals surface area contributed by atoms with Crippen LogP contribution in [0.15, 0.2) is 97.2 Å². The molecule has 0 spiro atoms. The van der Waals surface area contributed by atoms with E-state index in [1.807, 2.05) is 79.0 Å². The van der Waals surface area contributed by atoms with Crippen LogP contribution < -0.4 is 10.1 Å². The molecule has 4 aromatic rings. The second-order valence-electron chi connectivity index (χ2n) is 9.83.